The summed E-state index contributed by atoms with van der Waals surface area (Å²) in [5, 5.41) is 0. The minimum absolute atomic E-state index is 0.0938. The summed E-state index contributed by atoms with van der Waals surface area (Å²) in [6.45, 7) is 0. The maximum absolute atomic E-state index is 5.86. The summed E-state index contributed by atoms with van der Waals surface area (Å²) in [6.07, 6.45) is 1.70. The zero-order valence-electron chi connectivity index (χ0n) is 7.28. The molecule has 0 aromatic carbocycles. The average molecular weight is 165 g/mol. The van der Waals surface area contributed by atoms with Crippen LogP contribution in [0, 0.1) is 0 Å². The van der Waals surface area contributed by atoms with Crippen LogP contribution in [0.5, 0.6) is 0 Å². The third kappa shape index (κ3) is 0.929. The average Bonchev–Trinajstić information content (AvgIpc) is 2.25. The number of hydrogen-bond acceptors (Lipinski definition) is 3. The molecule has 4 nitrogen and oxygen atoms in total. The molecule has 12 heavy (non-hydrogen) atoms. The first kappa shape index (κ1) is 7.67. The lowest BCUT2D eigenvalue weighted by Gasteiger charge is -2.21. The number of fused-ring (bicyclic) bond motifs is 1. The fraction of sp³-hybridized carbons (Fsp3) is 0.375. The molecule has 3 N–H and O–H groups in total. The zero-order valence-corrected chi connectivity index (χ0v) is 7.28. The molecule has 4 heteroatoms. The zero-order chi connectivity index (χ0) is 8.77. The normalized spacial score (nSPS) is 25.4. The summed E-state index contributed by atoms with van der Waals surface area (Å²) in [5.41, 5.74) is 10.2. The minimum Gasteiger partial charge on any atom is -0.308 e. The molecule has 1 aromatic rings. The molecular formula is C8H13N4+. The van der Waals surface area contributed by atoms with Gasteiger partial charge in [-0.25, -0.2) is 9.58 Å². The van der Waals surface area contributed by atoms with Crippen LogP contribution in [0.1, 0.15) is 11.7 Å². The van der Waals surface area contributed by atoms with E-state index in [0.717, 1.165) is 11.4 Å². The Morgan fingerprint density at radius 3 is 3.00 bits per heavy atom. The maximum atomic E-state index is 5.86. The molecule has 64 valence electrons. The molecule has 0 saturated heterocycles. The predicted molar refractivity (Wildman–Crippen MR) is 47.9 cm³/mol. The Kier molecular flexibility index (Phi) is 1.44. The van der Waals surface area contributed by atoms with E-state index in [1.807, 2.05) is 26.2 Å². The second kappa shape index (κ2) is 2.26. The Bertz CT molecular complexity index is 308. The van der Waals surface area contributed by atoms with Crippen LogP contribution in [-0.4, -0.2) is 19.1 Å². The Labute approximate surface area is 71.6 Å². The summed E-state index contributed by atoms with van der Waals surface area (Å²) in [7, 11) is 4.05. The summed E-state index contributed by atoms with van der Waals surface area (Å²) in [4.78, 5) is 4.29. The molecule has 0 bridgehead atoms. The van der Waals surface area contributed by atoms with Crippen LogP contribution in [0.4, 0.5) is 5.82 Å². The lowest BCUT2D eigenvalue weighted by Crippen LogP contribution is -2.51. The SMILES string of the molecule is C[N+]1(C)NC(N)c2cccnc21. The van der Waals surface area contributed by atoms with Crippen molar-refractivity contribution < 1.29 is 0 Å². The number of nitrogens with zero attached hydrogens (tertiary/aromatic N) is 2. The molecule has 2 rings (SSSR count). The lowest BCUT2D eigenvalue weighted by molar-refractivity contribution is 0.276. The van der Waals surface area contributed by atoms with Crippen molar-refractivity contribution in [1.82, 2.24) is 15.0 Å². The van der Waals surface area contributed by atoms with Gasteiger partial charge in [-0.1, -0.05) is 0 Å². The van der Waals surface area contributed by atoms with Crippen LogP contribution >= 0.6 is 0 Å². The van der Waals surface area contributed by atoms with Crippen LogP contribution in [0.3, 0.4) is 0 Å². The topological polar surface area (TPSA) is 50.9 Å². The molecule has 1 unspecified atom stereocenters. The van der Waals surface area contributed by atoms with Crippen LogP contribution in [0.25, 0.3) is 0 Å². The second-order valence-electron chi connectivity index (χ2n) is 3.48. The molecule has 0 spiro atoms. The van der Waals surface area contributed by atoms with Crippen molar-refractivity contribution in [3.8, 4) is 0 Å². The summed E-state index contributed by atoms with van der Waals surface area (Å²) < 4.78 is 0.553. The highest BCUT2D eigenvalue weighted by Crippen LogP contribution is 2.29. The van der Waals surface area contributed by atoms with Gasteiger partial charge >= 0.3 is 0 Å². The highest BCUT2D eigenvalue weighted by Gasteiger charge is 2.36. The lowest BCUT2D eigenvalue weighted by atomic mass is 10.2. The van der Waals surface area contributed by atoms with Crippen molar-refractivity contribution in [3.05, 3.63) is 23.9 Å². The first-order chi connectivity index (χ1) is 5.61. The monoisotopic (exact) mass is 165 g/mol. The van der Waals surface area contributed by atoms with Crippen LogP contribution < -0.4 is 15.8 Å². The first-order valence-corrected chi connectivity index (χ1v) is 3.94. The van der Waals surface area contributed by atoms with Crippen LogP contribution in [0.2, 0.25) is 0 Å². The summed E-state index contributed by atoms with van der Waals surface area (Å²) in [6, 6.07) is 3.92. The van der Waals surface area contributed by atoms with Gasteiger partial charge in [-0.3, -0.25) is 0 Å². The number of pyridine rings is 1. The van der Waals surface area contributed by atoms with Gasteiger partial charge in [0.2, 0.25) is 0 Å². The highest BCUT2D eigenvalue weighted by molar-refractivity contribution is 5.47. The van der Waals surface area contributed by atoms with Gasteiger partial charge in [-0.15, -0.1) is 5.43 Å². The molecule has 1 atom stereocenters. The fourth-order valence-corrected chi connectivity index (χ4v) is 1.60. The molecular weight excluding hydrogens is 152 g/mol. The Morgan fingerprint density at radius 2 is 2.33 bits per heavy atom. The van der Waals surface area contributed by atoms with Gasteiger partial charge < -0.3 is 5.73 Å². The first-order valence-electron chi connectivity index (χ1n) is 3.94. The largest absolute Gasteiger partial charge is 0.308 e. The third-order valence-corrected chi connectivity index (χ3v) is 2.14. The molecule has 1 aromatic heterocycles. The van der Waals surface area contributed by atoms with E-state index in [-0.39, 0.29) is 6.17 Å². The van der Waals surface area contributed by atoms with Gasteiger partial charge in [0, 0.05) is 6.20 Å². The van der Waals surface area contributed by atoms with Crippen molar-refractivity contribution in [2.24, 2.45) is 5.73 Å². The summed E-state index contributed by atoms with van der Waals surface area (Å²) >= 11 is 0. The number of nitrogens with two attached hydrogens (primary N) is 1. The van der Waals surface area contributed by atoms with Crippen LogP contribution in [-0.2, 0) is 0 Å². The number of rotatable bonds is 0. The second-order valence-corrected chi connectivity index (χ2v) is 3.48. The van der Waals surface area contributed by atoms with Crippen molar-refractivity contribution in [2.75, 3.05) is 14.1 Å². The molecule has 2 heterocycles. The molecule has 0 saturated carbocycles. The smallest absolute Gasteiger partial charge is 0.253 e. The van der Waals surface area contributed by atoms with Crippen molar-refractivity contribution in [3.63, 3.8) is 0 Å². The molecule has 0 amide bonds. The number of nitrogens with one attached hydrogen (secondary N) is 1. The van der Waals surface area contributed by atoms with Gasteiger partial charge in [0.15, 0.2) is 0 Å². The standard InChI is InChI=1S/C8H13N4/c1-12(2)8-6(7(9)11-12)4-3-5-10-8/h3-5,7,11H,9H2,1-2H3/q+1. The van der Waals surface area contributed by atoms with Crippen molar-refractivity contribution in [2.45, 2.75) is 6.17 Å². The quantitative estimate of drug-likeness (QED) is 0.537. The molecule has 0 radical (unpaired) electrons. The predicted octanol–water partition coefficient (Wildman–Crippen LogP) is 0.124. The Hall–Kier alpha value is -0.970. The van der Waals surface area contributed by atoms with E-state index in [2.05, 4.69) is 10.4 Å². The van der Waals surface area contributed by atoms with Gasteiger partial charge in [0.05, 0.1) is 19.7 Å². The number of aromatic nitrogens is 1. The minimum atomic E-state index is -0.0938. The molecule has 0 aliphatic carbocycles. The van der Waals surface area contributed by atoms with Gasteiger partial charge in [0.1, 0.15) is 6.17 Å². The van der Waals surface area contributed by atoms with E-state index >= 15 is 0 Å². The van der Waals surface area contributed by atoms with E-state index < -0.39 is 0 Å². The van der Waals surface area contributed by atoms with Gasteiger partial charge in [-0.05, 0) is 12.1 Å². The number of hydrogen-bond donors (Lipinski definition) is 2. The maximum Gasteiger partial charge on any atom is 0.253 e. The van der Waals surface area contributed by atoms with Gasteiger partial charge in [0.25, 0.3) is 5.82 Å². The van der Waals surface area contributed by atoms with Crippen molar-refractivity contribution >= 4 is 5.82 Å². The van der Waals surface area contributed by atoms with E-state index in [1.54, 1.807) is 6.20 Å². The fourth-order valence-electron chi connectivity index (χ4n) is 1.60. The molecule has 1 aliphatic heterocycles. The van der Waals surface area contributed by atoms with E-state index in [0.29, 0.717) is 4.59 Å². The van der Waals surface area contributed by atoms with E-state index in [1.165, 1.54) is 0 Å². The van der Waals surface area contributed by atoms with Gasteiger partial charge in [-0.2, -0.15) is 0 Å². The highest BCUT2D eigenvalue weighted by atomic mass is 15.7. The Morgan fingerprint density at radius 1 is 1.58 bits per heavy atom. The van der Waals surface area contributed by atoms with Crippen molar-refractivity contribution in [1.29, 1.82) is 0 Å². The van der Waals surface area contributed by atoms with Crippen LogP contribution in [0.15, 0.2) is 18.3 Å². The van der Waals surface area contributed by atoms with E-state index in [4.69, 9.17) is 5.73 Å². The molecule has 0 fully saturated rings. The van der Waals surface area contributed by atoms with E-state index in [9.17, 15) is 0 Å². The Balaban J connectivity index is 2.58. The number of quaternary nitrogens is 1. The third-order valence-electron chi connectivity index (χ3n) is 2.14. The molecule has 1 aliphatic rings. The summed E-state index contributed by atoms with van der Waals surface area (Å²) in [5.74, 6) is 1.00.